The Morgan fingerprint density at radius 2 is 2.21 bits per heavy atom. The first-order valence-corrected chi connectivity index (χ1v) is 7.83. The first-order chi connectivity index (χ1) is 8.89. The summed E-state index contributed by atoms with van der Waals surface area (Å²) in [5.41, 5.74) is 6.11. The lowest BCUT2D eigenvalue weighted by molar-refractivity contribution is 0.298. The summed E-state index contributed by atoms with van der Waals surface area (Å²) >= 11 is 1.78. The van der Waals surface area contributed by atoms with Crippen molar-refractivity contribution in [3.8, 4) is 0 Å². The van der Waals surface area contributed by atoms with Gasteiger partial charge in [-0.1, -0.05) is 33.8 Å². The molecule has 0 saturated carbocycles. The fraction of sp³-hybridized carbons (Fsp3) is 0.667. The maximum absolute atomic E-state index is 5.89. The van der Waals surface area contributed by atoms with Crippen LogP contribution in [0.4, 0.5) is 0 Å². The summed E-state index contributed by atoms with van der Waals surface area (Å²) in [5.74, 6) is 1.26. The van der Waals surface area contributed by atoms with Crippen LogP contribution in [-0.2, 0) is 6.42 Å². The van der Waals surface area contributed by atoms with Crippen molar-refractivity contribution in [1.82, 2.24) is 5.32 Å². The molecule has 0 atom stereocenters. The summed E-state index contributed by atoms with van der Waals surface area (Å²) in [5, 5.41) is 5.28. The van der Waals surface area contributed by atoms with Gasteiger partial charge < -0.3 is 11.1 Å². The van der Waals surface area contributed by atoms with Gasteiger partial charge >= 0.3 is 0 Å². The lowest BCUT2D eigenvalue weighted by atomic mass is 9.84. The molecule has 4 heteroatoms. The fourth-order valence-electron chi connectivity index (χ4n) is 2.29. The van der Waals surface area contributed by atoms with Crippen LogP contribution >= 0.6 is 11.3 Å². The molecule has 0 aliphatic rings. The number of nitrogens with one attached hydrogen (secondary N) is 1. The molecule has 3 N–H and O–H groups in total. The summed E-state index contributed by atoms with van der Waals surface area (Å²) < 4.78 is 0. The van der Waals surface area contributed by atoms with E-state index in [2.05, 4.69) is 55.5 Å². The topological polar surface area (TPSA) is 50.4 Å². The van der Waals surface area contributed by atoms with E-state index in [1.54, 1.807) is 11.3 Å². The molecule has 0 aliphatic carbocycles. The number of guanidine groups is 1. The number of aliphatic imine (C=N–C) groups is 1. The van der Waals surface area contributed by atoms with E-state index in [1.807, 2.05) is 0 Å². The quantitative estimate of drug-likeness (QED) is 0.595. The third kappa shape index (κ3) is 7.21. The summed E-state index contributed by atoms with van der Waals surface area (Å²) in [4.78, 5) is 5.83. The van der Waals surface area contributed by atoms with Gasteiger partial charge in [-0.25, -0.2) is 0 Å². The van der Waals surface area contributed by atoms with Crippen LogP contribution in [0.2, 0.25) is 0 Å². The van der Waals surface area contributed by atoms with Gasteiger partial charge in [-0.2, -0.15) is 0 Å². The zero-order valence-electron chi connectivity index (χ0n) is 12.6. The van der Waals surface area contributed by atoms with Gasteiger partial charge in [0.1, 0.15) is 0 Å². The van der Waals surface area contributed by atoms with E-state index >= 15 is 0 Å². The molecule has 0 radical (unpaired) electrons. The van der Waals surface area contributed by atoms with Crippen molar-refractivity contribution in [2.45, 2.75) is 40.5 Å². The number of thiophene rings is 1. The van der Waals surface area contributed by atoms with E-state index in [4.69, 9.17) is 5.73 Å². The Morgan fingerprint density at radius 3 is 2.79 bits per heavy atom. The molecule has 108 valence electrons. The van der Waals surface area contributed by atoms with E-state index in [9.17, 15) is 0 Å². The predicted octanol–water partition coefficient (Wildman–Crippen LogP) is 3.27. The van der Waals surface area contributed by atoms with E-state index < -0.39 is 0 Å². The van der Waals surface area contributed by atoms with Crippen LogP contribution in [0.15, 0.2) is 22.5 Å². The van der Waals surface area contributed by atoms with Gasteiger partial charge in [-0.05, 0) is 35.6 Å². The molecule has 1 rings (SSSR count). The van der Waals surface area contributed by atoms with Crippen LogP contribution in [0.1, 0.15) is 39.0 Å². The number of rotatable bonds is 7. The lowest BCUT2D eigenvalue weighted by Crippen LogP contribution is -2.34. The maximum Gasteiger partial charge on any atom is 0.188 e. The normalized spacial score (nSPS) is 13.0. The monoisotopic (exact) mass is 281 g/mol. The largest absolute Gasteiger partial charge is 0.370 e. The Balaban J connectivity index is 2.28. The van der Waals surface area contributed by atoms with E-state index in [-0.39, 0.29) is 5.41 Å². The first-order valence-electron chi connectivity index (χ1n) is 6.95. The molecule has 0 aliphatic heterocycles. The van der Waals surface area contributed by atoms with Crippen LogP contribution < -0.4 is 11.1 Å². The highest BCUT2D eigenvalue weighted by atomic mass is 32.1. The molecular formula is C15H27N3S. The van der Waals surface area contributed by atoms with Crippen LogP contribution in [0.25, 0.3) is 0 Å². The molecule has 19 heavy (non-hydrogen) atoms. The Hall–Kier alpha value is -1.03. The van der Waals surface area contributed by atoms with Gasteiger partial charge in [0.05, 0.1) is 0 Å². The molecule has 0 unspecified atom stereocenters. The minimum absolute atomic E-state index is 0.216. The van der Waals surface area contributed by atoms with Crippen molar-refractivity contribution in [2.75, 3.05) is 13.1 Å². The Kier molecular flexibility index (Phi) is 6.35. The molecule has 0 spiro atoms. The molecule has 0 amide bonds. The summed E-state index contributed by atoms with van der Waals surface area (Å²) in [7, 11) is 0. The van der Waals surface area contributed by atoms with Gasteiger partial charge in [0.2, 0.25) is 0 Å². The van der Waals surface area contributed by atoms with Crippen molar-refractivity contribution in [2.24, 2.45) is 22.1 Å². The molecule has 0 saturated heterocycles. The zero-order valence-corrected chi connectivity index (χ0v) is 13.4. The van der Waals surface area contributed by atoms with Gasteiger partial charge in [0.15, 0.2) is 5.96 Å². The fourth-order valence-corrected chi connectivity index (χ4v) is 3.00. The molecule has 0 bridgehead atoms. The summed E-state index contributed by atoms with van der Waals surface area (Å²) in [6.07, 6.45) is 2.17. The van der Waals surface area contributed by atoms with Gasteiger partial charge in [0, 0.05) is 18.0 Å². The molecular weight excluding hydrogens is 254 g/mol. The van der Waals surface area contributed by atoms with Crippen molar-refractivity contribution in [3.05, 3.63) is 22.4 Å². The Morgan fingerprint density at radius 1 is 1.47 bits per heavy atom. The maximum atomic E-state index is 5.89. The molecule has 3 nitrogen and oxygen atoms in total. The van der Waals surface area contributed by atoms with Crippen LogP contribution in [0, 0.1) is 11.3 Å². The van der Waals surface area contributed by atoms with E-state index in [0.29, 0.717) is 11.9 Å². The van der Waals surface area contributed by atoms with Gasteiger partial charge in [0.25, 0.3) is 0 Å². The average Bonchev–Trinajstić information content (AvgIpc) is 2.78. The zero-order chi connectivity index (χ0) is 14.3. The third-order valence-electron chi connectivity index (χ3n) is 2.90. The second-order valence-corrected chi connectivity index (χ2v) is 7.25. The SMILES string of the molecule is CC(C)CC(C)(C)CN=C(N)NCCc1cccs1. The third-order valence-corrected chi connectivity index (χ3v) is 3.83. The van der Waals surface area contributed by atoms with Crippen molar-refractivity contribution < 1.29 is 0 Å². The molecule has 0 aromatic carbocycles. The average molecular weight is 281 g/mol. The lowest BCUT2D eigenvalue weighted by Gasteiger charge is -2.24. The molecule has 1 aromatic heterocycles. The highest BCUT2D eigenvalue weighted by molar-refractivity contribution is 7.09. The highest BCUT2D eigenvalue weighted by Gasteiger charge is 2.18. The minimum Gasteiger partial charge on any atom is -0.370 e. The molecule has 1 aromatic rings. The van der Waals surface area contributed by atoms with Crippen LogP contribution in [0.3, 0.4) is 0 Å². The second-order valence-electron chi connectivity index (χ2n) is 6.22. The standard InChI is InChI=1S/C15H27N3S/c1-12(2)10-15(3,4)11-18-14(16)17-8-7-13-6-5-9-19-13/h5-6,9,12H,7-8,10-11H2,1-4H3,(H3,16,17,18). The second kappa shape index (κ2) is 7.53. The Bertz CT molecular complexity index is 380. The molecule has 0 fully saturated rings. The number of nitrogens with two attached hydrogens (primary N) is 1. The van der Waals surface area contributed by atoms with E-state index in [0.717, 1.165) is 19.5 Å². The molecule has 1 heterocycles. The number of hydrogen-bond acceptors (Lipinski definition) is 2. The smallest absolute Gasteiger partial charge is 0.188 e. The highest BCUT2D eigenvalue weighted by Crippen LogP contribution is 2.25. The van der Waals surface area contributed by atoms with Crippen molar-refractivity contribution in [1.29, 1.82) is 0 Å². The minimum atomic E-state index is 0.216. The Labute approximate surface area is 121 Å². The van der Waals surface area contributed by atoms with Gasteiger partial charge in [-0.3, -0.25) is 4.99 Å². The number of hydrogen-bond donors (Lipinski definition) is 2. The summed E-state index contributed by atoms with van der Waals surface area (Å²) in [6, 6.07) is 4.22. The summed E-state index contributed by atoms with van der Waals surface area (Å²) in [6.45, 7) is 10.6. The van der Waals surface area contributed by atoms with Gasteiger partial charge in [-0.15, -0.1) is 11.3 Å². The van der Waals surface area contributed by atoms with Crippen LogP contribution in [0.5, 0.6) is 0 Å². The predicted molar refractivity (Wildman–Crippen MR) is 85.8 cm³/mol. The van der Waals surface area contributed by atoms with Crippen LogP contribution in [-0.4, -0.2) is 19.0 Å². The van der Waals surface area contributed by atoms with Crippen molar-refractivity contribution >= 4 is 17.3 Å². The number of nitrogens with zero attached hydrogens (tertiary/aromatic N) is 1. The first kappa shape index (κ1) is 16.0. The van der Waals surface area contributed by atoms with Crippen molar-refractivity contribution in [3.63, 3.8) is 0 Å². The van der Waals surface area contributed by atoms with E-state index in [1.165, 1.54) is 11.3 Å².